The Morgan fingerprint density at radius 1 is 1.14 bits per heavy atom. The lowest BCUT2D eigenvalue weighted by Gasteiger charge is -2.32. The summed E-state index contributed by atoms with van der Waals surface area (Å²) < 4.78 is 14.6. The van der Waals surface area contributed by atoms with Crippen LogP contribution < -0.4 is 4.90 Å². The highest BCUT2D eigenvalue weighted by Crippen LogP contribution is 2.31. The van der Waals surface area contributed by atoms with Gasteiger partial charge in [0.25, 0.3) is 5.91 Å². The fraction of sp³-hybridized carbons (Fsp3) is 0.150. The number of amides is 1. The SMILES string of the molecule is C[C@H]1CN(c2ccc(Cl)c(Cl)c2)C(=O)c2c(C#Cc3ccc(F)nc3)cnn21.S. The number of carbonyl (C=O) groups excluding carboxylic acids is 1. The highest BCUT2D eigenvalue weighted by molar-refractivity contribution is 7.59. The summed E-state index contributed by atoms with van der Waals surface area (Å²) in [6.45, 7) is 2.41. The lowest BCUT2D eigenvalue weighted by atomic mass is 10.1. The van der Waals surface area contributed by atoms with Crippen LogP contribution in [0, 0.1) is 17.8 Å². The number of nitrogens with zero attached hydrogens (tertiary/aromatic N) is 4. The Hall–Kier alpha value is -2.53. The Labute approximate surface area is 183 Å². The number of pyridine rings is 1. The van der Waals surface area contributed by atoms with Gasteiger partial charge in [0.05, 0.1) is 27.8 Å². The number of hydrogen-bond acceptors (Lipinski definition) is 3. The fourth-order valence-corrected chi connectivity index (χ4v) is 3.31. The highest BCUT2D eigenvalue weighted by atomic mass is 35.5. The van der Waals surface area contributed by atoms with Gasteiger partial charge >= 0.3 is 0 Å². The van der Waals surface area contributed by atoms with E-state index in [2.05, 4.69) is 21.9 Å². The molecule has 1 aliphatic heterocycles. The molecule has 9 heteroatoms. The average molecular weight is 449 g/mol. The van der Waals surface area contributed by atoms with Crippen LogP contribution in [0.5, 0.6) is 0 Å². The van der Waals surface area contributed by atoms with Gasteiger partial charge in [-0.15, -0.1) is 0 Å². The Morgan fingerprint density at radius 2 is 1.93 bits per heavy atom. The van der Waals surface area contributed by atoms with E-state index in [0.29, 0.717) is 39.1 Å². The van der Waals surface area contributed by atoms with E-state index in [9.17, 15) is 9.18 Å². The van der Waals surface area contributed by atoms with Crippen LogP contribution in [-0.4, -0.2) is 27.2 Å². The molecular formula is C20H15Cl2FN4OS. The number of rotatable bonds is 1. The zero-order chi connectivity index (χ0) is 19.8. The smallest absolute Gasteiger partial charge is 0.277 e. The molecule has 1 atom stereocenters. The molecule has 0 radical (unpaired) electrons. The molecule has 1 amide bonds. The third-order valence-electron chi connectivity index (χ3n) is 4.39. The van der Waals surface area contributed by atoms with E-state index in [-0.39, 0.29) is 25.4 Å². The molecule has 4 rings (SSSR count). The largest absolute Gasteiger partial charge is 0.305 e. The predicted octanol–water partition coefficient (Wildman–Crippen LogP) is 4.46. The molecule has 3 heterocycles. The second-order valence-corrected chi connectivity index (χ2v) is 7.15. The van der Waals surface area contributed by atoms with Crippen molar-refractivity contribution < 1.29 is 9.18 Å². The minimum atomic E-state index is -0.574. The van der Waals surface area contributed by atoms with Gasteiger partial charge in [-0.25, -0.2) is 4.98 Å². The van der Waals surface area contributed by atoms with E-state index in [1.54, 1.807) is 34.0 Å². The molecule has 5 nitrogen and oxygen atoms in total. The summed E-state index contributed by atoms with van der Waals surface area (Å²) in [6, 6.07) is 7.78. The summed E-state index contributed by atoms with van der Waals surface area (Å²) in [5.41, 5.74) is 2.08. The predicted molar refractivity (Wildman–Crippen MR) is 116 cm³/mol. The molecule has 0 saturated carbocycles. The van der Waals surface area contributed by atoms with Gasteiger partial charge in [0.1, 0.15) is 5.69 Å². The van der Waals surface area contributed by atoms with E-state index in [1.165, 1.54) is 18.3 Å². The molecule has 0 saturated heterocycles. The first kappa shape index (κ1) is 21.2. The van der Waals surface area contributed by atoms with Crippen LogP contribution in [0.2, 0.25) is 10.0 Å². The van der Waals surface area contributed by atoms with Crippen molar-refractivity contribution >= 4 is 48.3 Å². The molecular weight excluding hydrogens is 434 g/mol. The van der Waals surface area contributed by atoms with Crippen molar-refractivity contribution in [3.05, 3.63) is 75.5 Å². The number of carbonyl (C=O) groups is 1. The average Bonchev–Trinajstić information content (AvgIpc) is 3.11. The summed E-state index contributed by atoms with van der Waals surface area (Å²) >= 11 is 12.1. The van der Waals surface area contributed by atoms with Gasteiger partial charge in [-0.05, 0) is 37.3 Å². The molecule has 3 aromatic rings. The number of benzene rings is 1. The zero-order valence-corrected chi connectivity index (χ0v) is 17.7. The number of fused-ring (bicyclic) bond motifs is 1. The zero-order valence-electron chi connectivity index (χ0n) is 15.2. The maximum absolute atomic E-state index is 13.2. The molecule has 0 unspecified atom stereocenters. The molecule has 0 spiro atoms. The molecule has 148 valence electrons. The Balaban J connectivity index is 0.00000240. The molecule has 0 fully saturated rings. The van der Waals surface area contributed by atoms with E-state index >= 15 is 0 Å². The van der Waals surface area contributed by atoms with Gasteiger partial charge in [0.15, 0.2) is 0 Å². The first-order valence-electron chi connectivity index (χ1n) is 8.42. The Kier molecular flexibility index (Phi) is 6.18. The monoisotopic (exact) mass is 448 g/mol. The second-order valence-electron chi connectivity index (χ2n) is 6.33. The van der Waals surface area contributed by atoms with Crippen molar-refractivity contribution in [3.8, 4) is 11.8 Å². The third kappa shape index (κ3) is 4.10. The van der Waals surface area contributed by atoms with Crippen molar-refractivity contribution in [1.29, 1.82) is 0 Å². The van der Waals surface area contributed by atoms with Crippen molar-refractivity contribution in [1.82, 2.24) is 14.8 Å². The number of aromatic nitrogens is 3. The van der Waals surface area contributed by atoms with E-state index in [1.807, 2.05) is 6.92 Å². The van der Waals surface area contributed by atoms with Crippen LogP contribution in [0.15, 0.2) is 42.7 Å². The van der Waals surface area contributed by atoms with Crippen LogP contribution in [0.1, 0.15) is 34.6 Å². The number of hydrogen-bond donors (Lipinski definition) is 0. The molecule has 0 aliphatic carbocycles. The van der Waals surface area contributed by atoms with E-state index in [4.69, 9.17) is 23.2 Å². The van der Waals surface area contributed by atoms with Crippen LogP contribution in [0.4, 0.5) is 10.1 Å². The quantitative estimate of drug-likeness (QED) is 0.407. The Bertz CT molecular complexity index is 1140. The summed E-state index contributed by atoms with van der Waals surface area (Å²) in [5, 5.41) is 5.12. The highest BCUT2D eigenvalue weighted by Gasteiger charge is 2.33. The second kappa shape index (κ2) is 8.46. The summed E-state index contributed by atoms with van der Waals surface area (Å²) in [7, 11) is 0. The van der Waals surface area contributed by atoms with Crippen molar-refractivity contribution in [2.45, 2.75) is 13.0 Å². The molecule has 0 bridgehead atoms. The van der Waals surface area contributed by atoms with Gasteiger partial charge in [-0.3, -0.25) is 9.48 Å². The van der Waals surface area contributed by atoms with Crippen molar-refractivity contribution in [2.24, 2.45) is 0 Å². The number of halogens is 3. The summed E-state index contributed by atoms with van der Waals surface area (Å²) in [4.78, 5) is 18.4. The van der Waals surface area contributed by atoms with Gasteiger partial charge in [0, 0.05) is 24.0 Å². The molecule has 1 aliphatic rings. The fourth-order valence-electron chi connectivity index (χ4n) is 3.02. The minimum Gasteiger partial charge on any atom is -0.305 e. The van der Waals surface area contributed by atoms with Crippen LogP contribution in [0.3, 0.4) is 0 Å². The van der Waals surface area contributed by atoms with Gasteiger partial charge in [-0.2, -0.15) is 23.0 Å². The van der Waals surface area contributed by atoms with Crippen molar-refractivity contribution in [3.63, 3.8) is 0 Å². The minimum absolute atomic E-state index is 0. The first-order chi connectivity index (χ1) is 13.4. The normalized spacial score (nSPS) is 15.2. The molecule has 29 heavy (non-hydrogen) atoms. The van der Waals surface area contributed by atoms with Crippen LogP contribution in [-0.2, 0) is 0 Å². The molecule has 1 aromatic carbocycles. The maximum atomic E-state index is 13.2. The van der Waals surface area contributed by atoms with Gasteiger partial charge < -0.3 is 4.90 Å². The van der Waals surface area contributed by atoms with E-state index < -0.39 is 5.95 Å². The first-order valence-corrected chi connectivity index (χ1v) is 9.17. The third-order valence-corrected chi connectivity index (χ3v) is 5.13. The van der Waals surface area contributed by atoms with E-state index in [0.717, 1.165) is 0 Å². The maximum Gasteiger partial charge on any atom is 0.277 e. The summed E-state index contributed by atoms with van der Waals surface area (Å²) in [6.07, 6.45) is 2.90. The van der Waals surface area contributed by atoms with Crippen LogP contribution >= 0.6 is 36.7 Å². The van der Waals surface area contributed by atoms with Gasteiger partial charge in [0.2, 0.25) is 5.95 Å². The topological polar surface area (TPSA) is 51.0 Å². The molecule has 2 aromatic heterocycles. The van der Waals surface area contributed by atoms with Crippen molar-refractivity contribution in [2.75, 3.05) is 11.4 Å². The van der Waals surface area contributed by atoms with Crippen LogP contribution in [0.25, 0.3) is 0 Å². The molecule has 0 N–H and O–H groups in total. The summed E-state index contributed by atoms with van der Waals surface area (Å²) in [5.74, 6) is 5.03. The Morgan fingerprint density at radius 3 is 2.62 bits per heavy atom. The lowest BCUT2D eigenvalue weighted by molar-refractivity contribution is 0.0953. The van der Waals surface area contributed by atoms with Gasteiger partial charge in [-0.1, -0.05) is 35.0 Å². The standard InChI is InChI=1S/C20H13Cl2FN4O.H2S/c1-12-11-26(15-5-6-16(21)17(22)8-15)20(28)19-14(10-25-27(12)19)4-2-13-3-7-18(23)24-9-13;/h3,5-10,12H,11H2,1H3;1H2/t12-;/m0./s1. The number of anilines is 1. The lowest BCUT2D eigenvalue weighted by Crippen LogP contribution is -2.43.